The van der Waals surface area contributed by atoms with E-state index < -0.39 is 4.92 Å². The van der Waals surface area contributed by atoms with Crippen molar-refractivity contribution in [3.63, 3.8) is 0 Å². The molecule has 0 bridgehead atoms. The van der Waals surface area contributed by atoms with Crippen LogP contribution in [0.25, 0.3) is 0 Å². The molecule has 1 aromatic carbocycles. The standard InChI is InChI=1S/C13H16N4O2/c1-8-4-9(2)11(10(3)5-8)7-16-13(14)12(6-15-16)17(18)19/h4-6H,7,14H2,1-3H3. The van der Waals surface area contributed by atoms with Crippen LogP contribution < -0.4 is 5.73 Å². The lowest BCUT2D eigenvalue weighted by atomic mass is 10.00. The van der Waals surface area contributed by atoms with E-state index in [0.717, 1.165) is 16.7 Å². The molecule has 0 aliphatic rings. The fraction of sp³-hybridized carbons (Fsp3) is 0.308. The van der Waals surface area contributed by atoms with E-state index in [4.69, 9.17) is 5.73 Å². The van der Waals surface area contributed by atoms with Crippen LogP contribution in [0, 0.1) is 30.9 Å². The fourth-order valence-electron chi connectivity index (χ4n) is 2.26. The second kappa shape index (κ2) is 4.72. The average Bonchev–Trinajstić information content (AvgIpc) is 2.65. The van der Waals surface area contributed by atoms with Crippen LogP contribution in [0.15, 0.2) is 18.3 Å². The SMILES string of the molecule is Cc1cc(C)c(Cn2ncc([N+](=O)[O-])c2N)c(C)c1. The summed E-state index contributed by atoms with van der Waals surface area (Å²) in [4.78, 5) is 10.2. The van der Waals surface area contributed by atoms with E-state index in [2.05, 4.69) is 17.2 Å². The maximum absolute atomic E-state index is 10.7. The van der Waals surface area contributed by atoms with E-state index in [0.29, 0.717) is 6.54 Å². The van der Waals surface area contributed by atoms with Crippen LogP contribution in [0.2, 0.25) is 0 Å². The Morgan fingerprint density at radius 2 is 1.89 bits per heavy atom. The Hall–Kier alpha value is -2.37. The summed E-state index contributed by atoms with van der Waals surface area (Å²) in [6.07, 6.45) is 1.19. The first-order valence-corrected chi connectivity index (χ1v) is 5.92. The van der Waals surface area contributed by atoms with Crippen molar-refractivity contribution in [3.8, 4) is 0 Å². The molecule has 0 amide bonds. The smallest absolute Gasteiger partial charge is 0.330 e. The van der Waals surface area contributed by atoms with Crippen molar-refractivity contribution in [2.75, 3.05) is 5.73 Å². The van der Waals surface area contributed by atoms with E-state index in [1.807, 2.05) is 20.8 Å². The molecule has 0 unspecified atom stereocenters. The van der Waals surface area contributed by atoms with Gasteiger partial charge in [-0.1, -0.05) is 17.7 Å². The number of benzene rings is 1. The van der Waals surface area contributed by atoms with Gasteiger partial charge in [0.2, 0.25) is 5.82 Å². The zero-order valence-corrected chi connectivity index (χ0v) is 11.2. The second-order valence-corrected chi connectivity index (χ2v) is 4.71. The Morgan fingerprint density at radius 3 is 2.37 bits per heavy atom. The number of hydrogen-bond acceptors (Lipinski definition) is 4. The molecule has 1 heterocycles. The molecule has 0 aliphatic heterocycles. The predicted molar refractivity (Wildman–Crippen MR) is 73.0 cm³/mol. The molecule has 6 nitrogen and oxygen atoms in total. The zero-order chi connectivity index (χ0) is 14.2. The molecule has 2 aromatic rings. The highest BCUT2D eigenvalue weighted by Crippen LogP contribution is 2.23. The van der Waals surface area contributed by atoms with Crippen LogP contribution in [0.4, 0.5) is 11.5 Å². The number of aromatic nitrogens is 2. The van der Waals surface area contributed by atoms with E-state index in [1.54, 1.807) is 0 Å². The molecular weight excluding hydrogens is 244 g/mol. The molecule has 0 spiro atoms. The van der Waals surface area contributed by atoms with Crippen molar-refractivity contribution in [2.24, 2.45) is 0 Å². The predicted octanol–water partition coefficient (Wildman–Crippen LogP) is 2.35. The van der Waals surface area contributed by atoms with Gasteiger partial charge in [0.05, 0.1) is 11.5 Å². The lowest BCUT2D eigenvalue weighted by molar-refractivity contribution is -0.384. The third-order valence-electron chi connectivity index (χ3n) is 3.20. The molecule has 19 heavy (non-hydrogen) atoms. The van der Waals surface area contributed by atoms with Crippen LogP contribution >= 0.6 is 0 Å². The summed E-state index contributed by atoms with van der Waals surface area (Å²) < 4.78 is 1.46. The first kappa shape index (κ1) is 13.1. The second-order valence-electron chi connectivity index (χ2n) is 4.71. The van der Waals surface area contributed by atoms with Crippen LogP contribution in [0.5, 0.6) is 0 Å². The maximum atomic E-state index is 10.7. The minimum Gasteiger partial charge on any atom is -0.378 e. The van der Waals surface area contributed by atoms with Crippen LogP contribution in [0.3, 0.4) is 0 Å². The third-order valence-corrected chi connectivity index (χ3v) is 3.20. The van der Waals surface area contributed by atoms with E-state index in [-0.39, 0.29) is 11.5 Å². The number of nitro groups is 1. The molecule has 0 radical (unpaired) electrons. The minimum atomic E-state index is -0.520. The van der Waals surface area contributed by atoms with Gasteiger partial charge in [-0.3, -0.25) is 10.1 Å². The number of nitrogens with zero attached hydrogens (tertiary/aromatic N) is 3. The maximum Gasteiger partial charge on any atom is 0.330 e. The molecule has 0 saturated heterocycles. The largest absolute Gasteiger partial charge is 0.378 e. The third kappa shape index (κ3) is 2.42. The Kier molecular flexibility index (Phi) is 3.25. The topological polar surface area (TPSA) is 87.0 Å². The molecule has 1 aromatic heterocycles. The van der Waals surface area contributed by atoms with Gasteiger partial charge in [0.15, 0.2) is 0 Å². The quantitative estimate of drug-likeness (QED) is 0.677. The average molecular weight is 260 g/mol. The van der Waals surface area contributed by atoms with Gasteiger partial charge in [-0.25, -0.2) is 4.68 Å². The lowest BCUT2D eigenvalue weighted by Gasteiger charge is -2.12. The number of rotatable bonds is 3. The molecule has 0 aliphatic carbocycles. The van der Waals surface area contributed by atoms with Gasteiger partial charge in [-0.15, -0.1) is 0 Å². The molecule has 0 atom stereocenters. The van der Waals surface area contributed by atoms with E-state index >= 15 is 0 Å². The molecular formula is C13H16N4O2. The van der Waals surface area contributed by atoms with Crippen LogP contribution in [0.1, 0.15) is 22.3 Å². The number of nitrogen functional groups attached to an aromatic ring is 1. The Bertz CT molecular complexity index is 623. The molecule has 2 rings (SSSR count). The van der Waals surface area contributed by atoms with Crippen LogP contribution in [-0.4, -0.2) is 14.7 Å². The Morgan fingerprint density at radius 1 is 1.32 bits per heavy atom. The van der Waals surface area contributed by atoms with Crippen molar-refractivity contribution < 1.29 is 4.92 Å². The van der Waals surface area contributed by atoms with Gasteiger partial charge in [0, 0.05) is 0 Å². The van der Waals surface area contributed by atoms with Crippen molar-refractivity contribution in [3.05, 3.63) is 50.7 Å². The van der Waals surface area contributed by atoms with Crippen molar-refractivity contribution >= 4 is 11.5 Å². The monoisotopic (exact) mass is 260 g/mol. The summed E-state index contributed by atoms with van der Waals surface area (Å²) in [7, 11) is 0. The van der Waals surface area contributed by atoms with Gasteiger partial charge in [-0.2, -0.15) is 5.10 Å². The molecule has 0 saturated carbocycles. The summed E-state index contributed by atoms with van der Waals surface area (Å²) in [5, 5.41) is 14.7. The number of anilines is 1. The summed E-state index contributed by atoms with van der Waals surface area (Å²) >= 11 is 0. The molecule has 2 N–H and O–H groups in total. The summed E-state index contributed by atoms with van der Waals surface area (Å²) in [6.45, 7) is 6.52. The number of aryl methyl sites for hydroxylation is 3. The normalized spacial score (nSPS) is 10.7. The van der Waals surface area contributed by atoms with Crippen LogP contribution in [-0.2, 0) is 6.54 Å². The molecule has 0 fully saturated rings. The van der Waals surface area contributed by atoms with Gasteiger partial charge in [-0.05, 0) is 37.5 Å². The number of hydrogen-bond donors (Lipinski definition) is 1. The van der Waals surface area contributed by atoms with Crippen molar-refractivity contribution in [1.82, 2.24) is 9.78 Å². The van der Waals surface area contributed by atoms with Gasteiger partial charge >= 0.3 is 5.69 Å². The number of nitrogens with two attached hydrogens (primary N) is 1. The van der Waals surface area contributed by atoms with Gasteiger partial charge in [0.25, 0.3) is 0 Å². The molecule has 100 valence electrons. The first-order chi connectivity index (χ1) is 8.90. The van der Waals surface area contributed by atoms with E-state index in [9.17, 15) is 10.1 Å². The minimum absolute atomic E-state index is 0.0874. The summed E-state index contributed by atoms with van der Waals surface area (Å²) in [5.41, 5.74) is 10.1. The Labute approximate surface area is 111 Å². The summed E-state index contributed by atoms with van der Waals surface area (Å²) in [5.74, 6) is 0.0874. The zero-order valence-electron chi connectivity index (χ0n) is 11.2. The highest BCUT2D eigenvalue weighted by molar-refractivity contribution is 5.52. The molecule has 6 heteroatoms. The van der Waals surface area contributed by atoms with Gasteiger partial charge < -0.3 is 5.73 Å². The van der Waals surface area contributed by atoms with Crippen molar-refractivity contribution in [1.29, 1.82) is 0 Å². The highest BCUT2D eigenvalue weighted by atomic mass is 16.6. The first-order valence-electron chi connectivity index (χ1n) is 5.92. The van der Waals surface area contributed by atoms with Crippen molar-refractivity contribution in [2.45, 2.75) is 27.3 Å². The fourth-order valence-corrected chi connectivity index (χ4v) is 2.26. The Balaban J connectivity index is 2.40. The van der Waals surface area contributed by atoms with Gasteiger partial charge in [0.1, 0.15) is 6.20 Å². The lowest BCUT2D eigenvalue weighted by Crippen LogP contribution is -2.09. The summed E-state index contributed by atoms with van der Waals surface area (Å²) in [6, 6.07) is 4.16. The van der Waals surface area contributed by atoms with E-state index in [1.165, 1.54) is 16.4 Å². The highest BCUT2D eigenvalue weighted by Gasteiger charge is 2.18.